The molecule has 0 radical (unpaired) electrons. The van der Waals surface area contributed by atoms with E-state index in [0.717, 1.165) is 37.1 Å². The number of hydrogen-bond acceptors (Lipinski definition) is 2. The monoisotopic (exact) mass is 656 g/mol. The highest BCUT2D eigenvalue weighted by Gasteiger charge is 2.15. The van der Waals surface area contributed by atoms with Crippen molar-refractivity contribution in [1.29, 1.82) is 0 Å². The van der Waals surface area contributed by atoms with Crippen molar-refractivity contribution >= 4 is 34.1 Å². The minimum Gasteiger partial charge on any atom is -0.311 e. The molecule has 6 aromatic rings. The molecule has 0 atom stereocenters. The summed E-state index contributed by atoms with van der Waals surface area (Å²) in [6.45, 7) is 8.92. The van der Waals surface area contributed by atoms with Crippen molar-refractivity contribution in [2.24, 2.45) is 0 Å². The third-order valence-electron chi connectivity index (χ3n) is 9.82. The van der Waals surface area contributed by atoms with Crippen LogP contribution in [0.15, 0.2) is 146 Å². The Morgan fingerprint density at radius 1 is 0.300 bits per heavy atom. The van der Waals surface area contributed by atoms with Gasteiger partial charge in [-0.05, 0) is 145 Å². The second kappa shape index (κ2) is 17.0. The molecule has 0 heterocycles. The highest BCUT2D eigenvalue weighted by molar-refractivity contribution is 5.81. The van der Waals surface area contributed by atoms with E-state index >= 15 is 0 Å². The fourth-order valence-electron chi connectivity index (χ4n) is 6.65. The zero-order valence-corrected chi connectivity index (χ0v) is 30.4. The summed E-state index contributed by atoms with van der Waals surface area (Å²) < 4.78 is 0. The van der Waals surface area contributed by atoms with Crippen LogP contribution in [0.4, 0.5) is 34.1 Å². The lowest BCUT2D eigenvalue weighted by atomic mass is 10.0. The van der Waals surface area contributed by atoms with Crippen LogP contribution in [-0.4, -0.2) is 0 Å². The van der Waals surface area contributed by atoms with Gasteiger partial charge in [0.25, 0.3) is 0 Å². The Bertz CT molecular complexity index is 1740. The summed E-state index contributed by atoms with van der Waals surface area (Å²) >= 11 is 0. The van der Waals surface area contributed by atoms with Crippen molar-refractivity contribution in [3.63, 3.8) is 0 Å². The summed E-state index contributed by atoms with van der Waals surface area (Å²) in [5.41, 5.74) is 14.9. The van der Waals surface area contributed by atoms with Crippen molar-refractivity contribution < 1.29 is 0 Å². The fourth-order valence-corrected chi connectivity index (χ4v) is 6.65. The molecule has 0 aliphatic carbocycles. The normalized spacial score (nSPS) is 11.0. The first-order valence-corrected chi connectivity index (χ1v) is 18.8. The first kappa shape index (κ1) is 34.8. The summed E-state index contributed by atoms with van der Waals surface area (Å²) in [7, 11) is 0. The Morgan fingerprint density at radius 3 is 0.780 bits per heavy atom. The minimum atomic E-state index is 1.04. The second-order valence-corrected chi connectivity index (χ2v) is 13.3. The van der Waals surface area contributed by atoms with Gasteiger partial charge in [0.2, 0.25) is 0 Å². The summed E-state index contributed by atoms with van der Waals surface area (Å²) in [5, 5.41) is 0. The van der Waals surface area contributed by atoms with Crippen LogP contribution in [0.1, 0.15) is 75.6 Å². The smallest absolute Gasteiger partial charge is 0.0462 e. The van der Waals surface area contributed by atoms with Crippen LogP contribution in [0, 0.1) is 0 Å². The molecule has 0 bridgehead atoms. The maximum atomic E-state index is 2.37. The molecule has 6 aromatic carbocycles. The van der Waals surface area contributed by atoms with E-state index in [9.17, 15) is 0 Å². The van der Waals surface area contributed by atoms with Gasteiger partial charge in [0.1, 0.15) is 0 Å². The Hall–Kier alpha value is -5.08. The van der Waals surface area contributed by atoms with Gasteiger partial charge in [0.05, 0.1) is 0 Å². The maximum Gasteiger partial charge on any atom is 0.0462 e. The molecule has 2 heteroatoms. The highest BCUT2D eigenvalue weighted by Crippen LogP contribution is 2.38. The van der Waals surface area contributed by atoms with Gasteiger partial charge in [0, 0.05) is 34.1 Å². The molecule has 0 aliphatic heterocycles. The molecule has 0 amide bonds. The van der Waals surface area contributed by atoms with Crippen LogP contribution in [0.5, 0.6) is 0 Å². The van der Waals surface area contributed by atoms with Gasteiger partial charge in [-0.15, -0.1) is 0 Å². The van der Waals surface area contributed by atoms with E-state index < -0.39 is 0 Å². The van der Waals surface area contributed by atoms with Crippen LogP contribution in [0.25, 0.3) is 11.1 Å². The molecule has 0 spiro atoms. The molecule has 6 rings (SSSR count). The standard InChI is InChI=1S/C48H52N2/c1-5-9-11-39-17-29-45(30-18-39)49(43-25-13-37(7-3)14-26-43)47-33-21-41(22-34-47)42-23-35-48(36-24-42)50(44-27-15-38(8-4)16-28-44)46-31-19-40(20-32-46)12-10-6-2/h13-36H,5-12H2,1-4H3. The van der Waals surface area contributed by atoms with E-state index in [1.165, 1.54) is 81.8 Å². The Labute approximate surface area is 301 Å². The van der Waals surface area contributed by atoms with Crippen molar-refractivity contribution in [2.45, 2.75) is 79.1 Å². The molecule has 0 fully saturated rings. The van der Waals surface area contributed by atoms with Gasteiger partial charge in [-0.1, -0.05) is 113 Å². The topological polar surface area (TPSA) is 6.48 Å². The van der Waals surface area contributed by atoms with Crippen molar-refractivity contribution in [2.75, 3.05) is 9.80 Å². The number of hydrogen-bond donors (Lipinski definition) is 0. The van der Waals surface area contributed by atoms with Crippen LogP contribution < -0.4 is 9.80 Å². The molecule has 2 nitrogen and oxygen atoms in total. The van der Waals surface area contributed by atoms with Crippen LogP contribution in [0.2, 0.25) is 0 Å². The zero-order valence-electron chi connectivity index (χ0n) is 30.4. The van der Waals surface area contributed by atoms with Gasteiger partial charge < -0.3 is 9.80 Å². The molecule has 0 unspecified atom stereocenters. The molecule has 0 saturated carbocycles. The molecular weight excluding hydrogens is 605 g/mol. The van der Waals surface area contributed by atoms with Crippen molar-refractivity contribution in [3.05, 3.63) is 168 Å². The molecule has 254 valence electrons. The number of aryl methyl sites for hydroxylation is 4. The van der Waals surface area contributed by atoms with Gasteiger partial charge in [0.15, 0.2) is 0 Å². The molecule has 0 saturated heterocycles. The van der Waals surface area contributed by atoms with Crippen LogP contribution in [-0.2, 0) is 25.7 Å². The molecule has 0 N–H and O–H groups in total. The average Bonchev–Trinajstić information content (AvgIpc) is 3.18. The molecule has 50 heavy (non-hydrogen) atoms. The van der Waals surface area contributed by atoms with E-state index in [0.29, 0.717) is 0 Å². The maximum absolute atomic E-state index is 2.37. The summed E-state index contributed by atoms with van der Waals surface area (Å²) in [6.07, 6.45) is 9.20. The molecule has 0 aromatic heterocycles. The Morgan fingerprint density at radius 2 is 0.540 bits per heavy atom. The first-order chi connectivity index (χ1) is 24.6. The second-order valence-electron chi connectivity index (χ2n) is 13.3. The average molecular weight is 657 g/mol. The highest BCUT2D eigenvalue weighted by atomic mass is 15.1. The largest absolute Gasteiger partial charge is 0.311 e. The van der Waals surface area contributed by atoms with Crippen molar-refractivity contribution in [1.82, 2.24) is 0 Å². The molecule has 0 aliphatic rings. The fraction of sp³-hybridized carbons (Fsp3) is 0.250. The minimum absolute atomic E-state index is 1.04. The van der Waals surface area contributed by atoms with E-state index in [1.54, 1.807) is 0 Å². The predicted octanol–water partition coefficient (Wildman–Crippen LogP) is 14.1. The SMILES string of the molecule is CCCCc1ccc(N(c2ccc(CC)cc2)c2ccc(-c3ccc(N(c4ccc(CC)cc4)c4ccc(CCCC)cc4)cc3)cc2)cc1. The number of anilines is 6. The summed E-state index contributed by atoms with van der Waals surface area (Å²) in [4.78, 5) is 4.73. The Kier molecular flexibility index (Phi) is 11.8. The zero-order chi connectivity index (χ0) is 34.7. The molecular formula is C48H52N2. The lowest BCUT2D eigenvalue weighted by Crippen LogP contribution is -2.10. The van der Waals surface area contributed by atoms with E-state index in [2.05, 4.69) is 183 Å². The third kappa shape index (κ3) is 8.37. The van der Waals surface area contributed by atoms with Crippen LogP contribution >= 0.6 is 0 Å². The Balaban J connectivity index is 1.28. The number of rotatable bonds is 15. The summed E-state index contributed by atoms with van der Waals surface area (Å²) in [6, 6.07) is 54.2. The first-order valence-electron chi connectivity index (χ1n) is 18.8. The third-order valence-corrected chi connectivity index (χ3v) is 9.82. The number of unbranched alkanes of at least 4 members (excludes halogenated alkanes) is 2. The lowest BCUT2D eigenvalue weighted by molar-refractivity contribution is 0.795. The summed E-state index contributed by atoms with van der Waals surface area (Å²) in [5.74, 6) is 0. The van der Waals surface area contributed by atoms with Gasteiger partial charge >= 0.3 is 0 Å². The van der Waals surface area contributed by atoms with E-state index in [4.69, 9.17) is 0 Å². The number of benzene rings is 6. The van der Waals surface area contributed by atoms with E-state index in [-0.39, 0.29) is 0 Å². The predicted molar refractivity (Wildman–Crippen MR) is 217 cm³/mol. The van der Waals surface area contributed by atoms with Gasteiger partial charge in [-0.25, -0.2) is 0 Å². The van der Waals surface area contributed by atoms with E-state index in [1.807, 2.05) is 0 Å². The van der Waals surface area contributed by atoms with Gasteiger partial charge in [-0.3, -0.25) is 0 Å². The van der Waals surface area contributed by atoms with Crippen molar-refractivity contribution in [3.8, 4) is 11.1 Å². The lowest BCUT2D eigenvalue weighted by Gasteiger charge is -2.26. The van der Waals surface area contributed by atoms with Crippen LogP contribution in [0.3, 0.4) is 0 Å². The number of nitrogens with zero attached hydrogens (tertiary/aromatic N) is 2. The quantitative estimate of drug-likeness (QED) is 0.109. The van der Waals surface area contributed by atoms with Gasteiger partial charge in [-0.2, -0.15) is 0 Å².